The summed E-state index contributed by atoms with van der Waals surface area (Å²) in [5.74, 6) is -0.903. The predicted octanol–water partition coefficient (Wildman–Crippen LogP) is 2.77. The van der Waals surface area contributed by atoms with Gasteiger partial charge in [0.1, 0.15) is 26.2 Å². The van der Waals surface area contributed by atoms with Crippen LogP contribution in [-0.4, -0.2) is 83.5 Å². The van der Waals surface area contributed by atoms with E-state index in [1.165, 1.54) is 83.5 Å². The summed E-state index contributed by atoms with van der Waals surface area (Å²) in [6.45, 7) is 4.11. The highest BCUT2D eigenvalue weighted by molar-refractivity contribution is 5.63. The van der Waals surface area contributed by atoms with Crippen LogP contribution in [0.25, 0.3) is 0 Å². The zero-order valence-electron chi connectivity index (χ0n) is 21.5. The molecule has 0 amide bonds. The van der Waals surface area contributed by atoms with Crippen molar-refractivity contribution >= 4 is 5.97 Å². The van der Waals surface area contributed by atoms with Crippen molar-refractivity contribution in [1.82, 2.24) is 0 Å². The summed E-state index contributed by atoms with van der Waals surface area (Å²) in [6, 6.07) is 0. The molecule has 0 fully saturated rings. The van der Waals surface area contributed by atoms with E-state index in [4.69, 9.17) is 20.4 Å². The Morgan fingerprint density at radius 1 is 0.545 bits per heavy atom. The Hall–Kier alpha value is -0.730. The number of rotatable bonds is 24. The van der Waals surface area contributed by atoms with Gasteiger partial charge < -0.3 is 34.8 Å². The van der Waals surface area contributed by atoms with Crippen LogP contribution in [0.2, 0.25) is 0 Å². The van der Waals surface area contributed by atoms with Gasteiger partial charge in [0, 0.05) is 5.97 Å². The molecule has 7 heteroatoms. The zero-order chi connectivity index (χ0) is 25.0. The molecule has 0 aromatic carbocycles. The third-order valence-corrected chi connectivity index (χ3v) is 6.28. The summed E-state index contributed by atoms with van der Waals surface area (Å²) in [7, 11) is 0. The Labute approximate surface area is 203 Å². The van der Waals surface area contributed by atoms with Gasteiger partial charge in [0.05, 0.1) is 26.4 Å². The Bertz CT molecular complexity index is 365. The van der Waals surface area contributed by atoms with Gasteiger partial charge in [-0.05, 0) is 12.8 Å². The van der Waals surface area contributed by atoms with Crippen LogP contribution in [0.4, 0.5) is 0 Å². The molecule has 4 N–H and O–H groups in total. The fourth-order valence-corrected chi connectivity index (χ4v) is 4.16. The van der Waals surface area contributed by atoms with Crippen molar-refractivity contribution < 1.29 is 34.8 Å². The van der Waals surface area contributed by atoms with Crippen molar-refractivity contribution in [3.8, 4) is 0 Å². The molecule has 0 spiro atoms. The van der Waals surface area contributed by atoms with E-state index < -0.39 is 5.97 Å². The van der Waals surface area contributed by atoms with Gasteiger partial charge in [0.15, 0.2) is 0 Å². The zero-order valence-corrected chi connectivity index (χ0v) is 21.5. The minimum absolute atomic E-state index is 0. The van der Waals surface area contributed by atoms with E-state index in [2.05, 4.69) is 6.92 Å². The standard InChI is InChI=1S/C18H36O2.C8H20NO4/c1-2-3-4-5-6-7-8-9-10-11-12-13-14-15-16-17-18(19)20;10-5-1-9(2-6-11,3-7-12)4-8-13/h2-17H2,1H3,(H,19,20);10-13H,1-8H2/q;+1/p-1. The first-order chi connectivity index (χ1) is 16.0. The first kappa shape index (κ1) is 34.4. The number of nitrogens with zero attached hydrogens (tertiary/aromatic N) is 1. The largest absolute Gasteiger partial charge is 0.550 e. The molecule has 0 unspecified atom stereocenters. The molecule has 0 radical (unpaired) electrons. The third-order valence-electron chi connectivity index (χ3n) is 6.28. The second kappa shape index (κ2) is 27.5. The molecular weight excluding hydrogens is 422 g/mol. The molecule has 0 saturated heterocycles. The second-order valence-corrected chi connectivity index (χ2v) is 9.20. The van der Waals surface area contributed by atoms with Crippen LogP contribution in [-0.2, 0) is 4.79 Å². The maximum atomic E-state index is 10.2. The summed E-state index contributed by atoms with van der Waals surface area (Å²) in [5, 5.41) is 45.5. The molecule has 0 rings (SSSR count). The van der Waals surface area contributed by atoms with Gasteiger partial charge in [-0.15, -0.1) is 0 Å². The fourth-order valence-electron chi connectivity index (χ4n) is 4.16. The van der Waals surface area contributed by atoms with Gasteiger partial charge in [0.2, 0.25) is 0 Å². The van der Waals surface area contributed by atoms with Crippen LogP contribution in [0.3, 0.4) is 0 Å². The Morgan fingerprint density at radius 2 is 0.818 bits per heavy atom. The lowest BCUT2D eigenvalue weighted by molar-refractivity contribution is -0.929. The Morgan fingerprint density at radius 3 is 1.06 bits per heavy atom. The fraction of sp³-hybridized carbons (Fsp3) is 0.962. The number of aliphatic carboxylic acids is 1. The number of carboxylic acids is 1. The number of unbranched alkanes of at least 4 members (excludes halogenated alkanes) is 14. The number of carboxylic acid groups (broad SMARTS) is 1. The molecule has 0 saturated carbocycles. The predicted molar refractivity (Wildman–Crippen MR) is 133 cm³/mol. The molecular formula is C26H55NO6. The number of carbonyl (C=O) groups excluding carboxylic acids is 1. The molecule has 0 aliphatic heterocycles. The van der Waals surface area contributed by atoms with Crippen molar-refractivity contribution in [3.05, 3.63) is 0 Å². The van der Waals surface area contributed by atoms with Crippen molar-refractivity contribution in [1.29, 1.82) is 0 Å². The van der Waals surface area contributed by atoms with Gasteiger partial charge in [-0.3, -0.25) is 0 Å². The molecule has 33 heavy (non-hydrogen) atoms. The Balaban J connectivity index is 0. The SMILES string of the molecule is CCCCCCCCCCCCCCCCCC(=O)[O-].OCC[N+](CCO)(CCO)CCO. The molecule has 0 atom stereocenters. The molecule has 0 aliphatic carbocycles. The van der Waals surface area contributed by atoms with E-state index in [0.29, 0.717) is 30.7 Å². The molecule has 7 nitrogen and oxygen atoms in total. The summed E-state index contributed by atoms with van der Waals surface area (Å²) in [6.07, 6.45) is 19.9. The highest BCUT2D eigenvalue weighted by atomic mass is 16.4. The number of hydrogen-bond donors (Lipinski definition) is 4. The Kier molecular flexibility index (Phi) is 28.7. The lowest BCUT2D eigenvalue weighted by Crippen LogP contribution is -2.54. The monoisotopic (exact) mass is 477 g/mol. The first-order valence-electron chi connectivity index (χ1n) is 13.5. The van der Waals surface area contributed by atoms with Gasteiger partial charge >= 0.3 is 0 Å². The topological polar surface area (TPSA) is 121 Å². The van der Waals surface area contributed by atoms with Crippen LogP contribution >= 0.6 is 0 Å². The number of aliphatic hydroxyl groups excluding tert-OH is 4. The van der Waals surface area contributed by atoms with Crippen molar-refractivity contribution in [3.63, 3.8) is 0 Å². The van der Waals surface area contributed by atoms with Gasteiger partial charge in [0.25, 0.3) is 0 Å². The van der Waals surface area contributed by atoms with E-state index in [1.807, 2.05) is 0 Å². The highest BCUT2D eigenvalue weighted by Crippen LogP contribution is 2.13. The van der Waals surface area contributed by atoms with E-state index >= 15 is 0 Å². The van der Waals surface area contributed by atoms with Crippen molar-refractivity contribution in [2.24, 2.45) is 0 Å². The van der Waals surface area contributed by atoms with E-state index in [9.17, 15) is 9.90 Å². The van der Waals surface area contributed by atoms with Crippen LogP contribution in [0.1, 0.15) is 110 Å². The van der Waals surface area contributed by atoms with Gasteiger partial charge in [-0.2, -0.15) is 0 Å². The smallest absolute Gasteiger partial charge is 0.102 e. The number of hydrogen-bond acceptors (Lipinski definition) is 6. The lowest BCUT2D eigenvalue weighted by Gasteiger charge is -2.36. The molecule has 0 bridgehead atoms. The average molecular weight is 478 g/mol. The summed E-state index contributed by atoms with van der Waals surface area (Å²) in [4.78, 5) is 10.2. The summed E-state index contributed by atoms with van der Waals surface area (Å²) < 4.78 is 0.375. The van der Waals surface area contributed by atoms with E-state index in [-0.39, 0.29) is 32.8 Å². The second-order valence-electron chi connectivity index (χ2n) is 9.20. The van der Waals surface area contributed by atoms with Crippen molar-refractivity contribution in [2.45, 2.75) is 110 Å². The molecule has 0 aromatic heterocycles. The van der Waals surface area contributed by atoms with E-state index in [0.717, 1.165) is 12.8 Å². The van der Waals surface area contributed by atoms with Crippen LogP contribution in [0.15, 0.2) is 0 Å². The molecule has 200 valence electrons. The number of quaternary nitrogens is 1. The highest BCUT2D eigenvalue weighted by Gasteiger charge is 2.24. The molecule has 0 heterocycles. The maximum Gasteiger partial charge on any atom is 0.102 e. The minimum atomic E-state index is -0.903. The van der Waals surface area contributed by atoms with Crippen LogP contribution in [0, 0.1) is 0 Å². The molecule has 0 aliphatic rings. The average Bonchev–Trinajstić information content (AvgIpc) is 2.77. The first-order valence-corrected chi connectivity index (χ1v) is 13.5. The minimum Gasteiger partial charge on any atom is -0.550 e. The molecule has 0 aromatic rings. The lowest BCUT2D eigenvalue weighted by atomic mass is 10.0. The summed E-state index contributed by atoms with van der Waals surface area (Å²) >= 11 is 0. The quantitative estimate of drug-likeness (QED) is 0.125. The normalized spacial score (nSPS) is 11.3. The number of aliphatic hydroxyl groups is 4. The van der Waals surface area contributed by atoms with Gasteiger partial charge in [-0.1, -0.05) is 96.8 Å². The summed E-state index contributed by atoms with van der Waals surface area (Å²) in [5.41, 5.74) is 0. The van der Waals surface area contributed by atoms with E-state index in [1.54, 1.807) is 0 Å². The van der Waals surface area contributed by atoms with Crippen LogP contribution < -0.4 is 5.11 Å². The number of carbonyl (C=O) groups is 1. The van der Waals surface area contributed by atoms with Crippen LogP contribution in [0.5, 0.6) is 0 Å². The third kappa shape index (κ3) is 25.7. The van der Waals surface area contributed by atoms with Gasteiger partial charge in [-0.25, -0.2) is 0 Å². The maximum absolute atomic E-state index is 10.2. The van der Waals surface area contributed by atoms with Crippen molar-refractivity contribution in [2.75, 3.05) is 52.6 Å².